The van der Waals surface area contributed by atoms with E-state index in [1.165, 1.54) is 23.1 Å². The molecule has 0 unspecified atom stereocenters. The third-order valence-electron chi connectivity index (χ3n) is 2.90. The molecule has 0 saturated heterocycles. The summed E-state index contributed by atoms with van der Waals surface area (Å²) < 4.78 is 6.33. The van der Waals surface area contributed by atoms with Gasteiger partial charge in [0.2, 0.25) is 11.0 Å². The predicted molar refractivity (Wildman–Crippen MR) is 94.8 cm³/mol. The van der Waals surface area contributed by atoms with Gasteiger partial charge in [0.1, 0.15) is 5.75 Å². The highest BCUT2D eigenvalue weighted by atomic mass is 32.2. The summed E-state index contributed by atoms with van der Waals surface area (Å²) in [4.78, 5) is 13.5. The van der Waals surface area contributed by atoms with E-state index in [0.717, 1.165) is 15.8 Å². The Morgan fingerprint density at radius 3 is 2.83 bits per heavy atom. The van der Waals surface area contributed by atoms with Crippen LogP contribution in [0.4, 0.5) is 10.8 Å². The first-order chi connectivity index (χ1) is 11.0. The minimum absolute atomic E-state index is 0.0569. The molecule has 0 aliphatic heterocycles. The molecule has 0 aliphatic rings. The molecule has 0 aliphatic carbocycles. The van der Waals surface area contributed by atoms with E-state index in [4.69, 9.17) is 4.74 Å². The molecule has 23 heavy (non-hydrogen) atoms. The zero-order valence-corrected chi connectivity index (χ0v) is 15.2. The number of carbonyl (C=O) groups excluding carboxylic acids is 1. The van der Waals surface area contributed by atoms with Gasteiger partial charge in [-0.3, -0.25) is 4.79 Å². The monoisotopic (exact) mass is 352 g/mol. The van der Waals surface area contributed by atoms with Gasteiger partial charge in [0, 0.05) is 14.1 Å². The van der Waals surface area contributed by atoms with E-state index in [2.05, 4.69) is 15.5 Å². The summed E-state index contributed by atoms with van der Waals surface area (Å²) in [6.07, 6.45) is 0. The van der Waals surface area contributed by atoms with Crippen molar-refractivity contribution in [2.75, 3.05) is 26.0 Å². The van der Waals surface area contributed by atoms with Gasteiger partial charge in [-0.2, -0.15) is 0 Å². The minimum atomic E-state index is -0.193. The maximum absolute atomic E-state index is 11.9. The normalized spacial score (nSPS) is 11.8. The van der Waals surface area contributed by atoms with Crippen LogP contribution in [-0.4, -0.2) is 47.0 Å². The van der Waals surface area contributed by atoms with Crippen LogP contribution in [-0.2, 0) is 4.79 Å². The van der Waals surface area contributed by atoms with Gasteiger partial charge in [-0.05, 0) is 26.0 Å². The molecule has 2 aromatic rings. The molecule has 1 amide bonds. The fourth-order valence-corrected chi connectivity index (χ4v) is 3.89. The summed E-state index contributed by atoms with van der Waals surface area (Å²) in [6.45, 7) is 4.41. The van der Waals surface area contributed by atoms with E-state index in [-0.39, 0.29) is 11.2 Å². The number of thioether (sulfide) groups is 1. The van der Waals surface area contributed by atoms with Gasteiger partial charge in [0.15, 0.2) is 4.34 Å². The molecule has 124 valence electrons. The standard InChI is InChI=1S/C15H20N4O2S2/c1-5-21-12-9-7-6-8-11(12)16-14-17-18-15(23-14)22-10(2)13(20)19(3)4/h6-10H,5H2,1-4H3,(H,16,17)/t10-/m1/s1. The number of benzene rings is 1. The van der Waals surface area contributed by atoms with Gasteiger partial charge in [-0.25, -0.2) is 0 Å². The summed E-state index contributed by atoms with van der Waals surface area (Å²) in [5.74, 6) is 0.831. The highest BCUT2D eigenvalue weighted by Crippen LogP contribution is 2.33. The molecule has 0 bridgehead atoms. The van der Waals surface area contributed by atoms with Crippen molar-refractivity contribution in [3.8, 4) is 5.75 Å². The Morgan fingerprint density at radius 1 is 1.39 bits per heavy atom. The van der Waals surface area contributed by atoms with Crippen LogP contribution in [0.5, 0.6) is 5.75 Å². The third-order valence-corrected chi connectivity index (χ3v) is 4.91. The Labute approximate surface area is 144 Å². The number of hydrogen-bond donors (Lipinski definition) is 1. The van der Waals surface area contributed by atoms with Crippen molar-refractivity contribution >= 4 is 39.8 Å². The van der Waals surface area contributed by atoms with Crippen LogP contribution in [0.1, 0.15) is 13.8 Å². The average molecular weight is 352 g/mol. The van der Waals surface area contributed by atoms with Gasteiger partial charge in [0.25, 0.3) is 0 Å². The molecule has 0 radical (unpaired) electrons. The quantitative estimate of drug-likeness (QED) is 0.772. The molecule has 1 heterocycles. The molecule has 8 heteroatoms. The number of anilines is 2. The van der Waals surface area contributed by atoms with Crippen LogP contribution in [0.2, 0.25) is 0 Å². The Balaban J connectivity index is 2.04. The van der Waals surface area contributed by atoms with Crippen LogP contribution >= 0.6 is 23.1 Å². The van der Waals surface area contributed by atoms with Crippen molar-refractivity contribution in [3.63, 3.8) is 0 Å². The van der Waals surface area contributed by atoms with Crippen LogP contribution in [0.15, 0.2) is 28.6 Å². The van der Waals surface area contributed by atoms with E-state index in [1.807, 2.05) is 38.1 Å². The number of nitrogens with zero attached hydrogens (tertiary/aromatic N) is 3. The first-order valence-corrected chi connectivity index (χ1v) is 8.91. The second kappa shape index (κ2) is 8.16. The number of rotatable bonds is 7. The van der Waals surface area contributed by atoms with Crippen molar-refractivity contribution in [2.24, 2.45) is 0 Å². The number of nitrogens with one attached hydrogen (secondary N) is 1. The van der Waals surface area contributed by atoms with Crippen molar-refractivity contribution in [1.82, 2.24) is 15.1 Å². The number of ether oxygens (including phenoxy) is 1. The smallest absolute Gasteiger partial charge is 0.235 e. The van der Waals surface area contributed by atoms with E-state index in [9.17, 15) is 4.79 Å². The Morgan fingerprint density at radius 2 is 2.13 bits per heavy atom. The number of hydrogen-bond acceptors (Lipinski definition) is 7. The largest absolute Gasteiger partial charge is 0.492 e. The van der Waals surface area contributed by atoms with Crippen molar-refractivity contribution in [1.29, 1.82) is 0 Å². The number of carbonyl (C=O) groups is 1. The Bertz CT molecular complexity index is 660. The second-order valence-corrected chi connectivity index (χ2v) is 7.49. The first kappa shape index (κ1) is 17.6. The van der Waals surface area contributed by atoms with E-state index < -0.39 is 0 Å². The molecule has 6 nitrogen and oxygen atoms in total. The lowest BCUT2D eigenvalue weighted by atomic mass is 10.3. The number of aromatic nitrogens is 2. The molecular weight excluding hydrogens is 332 g/mol. The summed E-state index contributed by atoms with van der Waals surface area (Å²) in [5.41, 5.74) is 0.847. The summed E-state index contributed by atoms with van der Waals surface area (Å²) in [5, 5.41) is 11.9. The van der Waals surface area contributed by atoms with Gasteiger partial charge in [-0.1, -0.05) is 35.2 Å². The van der Waals surface area contributed by atoms with E-state index >= 15 is 0 Å². The Kier molecular flexibility index (Phi) is 6.23. The van der Waals surface area contributed by atoms with Gasteiger partial charge in [-0.15, -0.1) is 10.2 Å². The zero-order chi connectivity index (χ0) is 16.8. The van der Waals surface area contributed by atoms with Crippen molar-refractivity contribution in [2.45, 2.75) is 23.4 Å². The molecule has 1 atom stereocenters. The van der Waals surface area contributed by atoms with E-state index in [1.54, 1.807) is 19.0 Å². The van der Waals surface area contributed by atoms with Crippen LogP contribution in [0, 0.1) is 0 Å². The second-order valence-electron chi connectivity index (χ2n) is 4.92. The SMILES string of the molecule is CCOc1ccccc1Nc1nnc(S[C@H](C)C(=O)N(C)C)s1. The van der Waals surface area contributed by atoms with Crippen LogP contribution in [0.3, 0.4) is 0 Å². The summed E-state index contributed by atoms with van der Waals surface area (Å²) in [7, 11) is 3.49. The topological polar surface area (TPSA) is 67.3 Å². The fourth-order valence-electron chi connectivity index (χ4n) is 1.84. The van der Waals surface area contributed by atoms with Gasteiger partial charge < -0.3 is 15.0 Å². The lowest BCUT2D eigenvalue weighted by molar-refractivity contribution is -0.127. The van der Waals surface area contributed by atoms with E-state index in [0.29, 0.717) is 11.7 Å². The third kappa shape index (κ3) is 4.84. The maximum Gasteiger partial charge on any atom is 0.235 e. The van der Waals surface area contributed by atoms with Crippen molar-refractivity contribution in [3.05, 3.63) is 24.3 Å². The molecule has 2 rings (SSSR count). The van der Waals surface area contributed by atoms with Gasteiger partial charge in [0.05, 0.1) is 17.5 Å². The lowest BCUT2D eigenvalue weighted by Crippen LogP contribution is -2.29. The molecule has 1 aromatic carbocycles. The van der Waals surface area contributed by atoms with Gasteiger partial charge >= 0.3 is 0 Å². The molecular formula is C15H20N4O2S2. The molecule has 1 N–H and O–H groups in total. The highest BCUT2D eigenvalue weighted by molar-refractivity contribution is 8.02. The summed E-state index contributed by atoms with van der Waals surface area (Å²) >= 11 is 2.82. The maximum atomic E-state index is 11.9. The number of amides is 1. The van der Waals surface area contributed by atoms with Crippen LogP contribution < -0.4 is 10.1 Å². The molecule has 1 aromatic heterocycles. The molecule has 0 saturated carbocycles. The van der Waals surface area contributed by atoms with Crippen molar-refractivity contribution < 1.29 is 9.53 Å². The highest BCUT2D eigenvalue weighted by Gasteiger charge is 2.18. The zero-order valence-electron chi connectivity index (χ0n) is 13.6. The predicted octanol–water partition coefficient (Wildman–Crippen LogP) is 3.25. The fraction of sp³-hybridized carbons (Fsp3) is 0.400. The average Bonchev–Trinajstić information content (AvgIpc) is 2.95. The molecule has 0 spiro atoms. The number of para-hydroxylation sites is 2. The first-order valence-electron chi connectivity index (χ1n) is 7.21. The van der Waals surface area contributed by atoms with Crippen LogP contribution in [0.25, 0.3) is 0 Å². The lowest BCUT2D eigenvalue weighted by Gasteiger charge is -2.14. The minimum Gasteiger partial charge on any atom is -0.492 e. The summed E-state index contributed by atoms with van der Waals surface area (Å²) in [6, 6.07) is 7.68. The Hall–Kier alpha value is -1.80. The molecule has 0 fully saturated rings.